The number of benzene rings is 1. The second-order valence-electron chi connectivity index (χ2n) is 5.78. The van der Waals surface area contributed by atoms with Gasteiger partial charge in [-0.25, -0.2) is 14.8 Å². The van der Waals surface area contributed by atoms with E-state index in [2.05, 4.69) is 26.1 Å². The minimum Gasteiger partial charge on any atom is -0.364 e. The molecule has 0 saturated carbocycles. The topological polar surface area (TPSA) is 127 Å². The molecule has 5 N–H and O–H groups in total. The van der Waals surface area contributed by atoms with Gasteiger partial charge < -0.3 is 5.73 Å². The van der Waals surface area contributed by atoms with E-state index < -0.39 is 12.1 Å². The lowest BCUT2D eigenvalue weighted by atomic mass is 10.2. The maximum atomic E-state index is 11.4. The number of amides is 1. The molecule has 3 unspecified atom stereocenters. The van der Waals surface area contributed by atoms with Crippen LogP contribution in [-0.4, -0.2) is 40.3 Å². The predicted octanol–water partition coefficient (Wildman–Crippen LogP) is 0.494. The Balaban J connectivity index is 1.61. The van der Waals surface area contributed by atoms with Crippen molar-refractivity contribution in [2.24, 2.45) is 5.73 Å². The van der Waals surface area contributed by atoms with Crippen LogP contribution in [0.3, 0.4) is 0 Å². The first-order valence-corrected chi connectivity index (χ1v) is 8.79. The number of rotatable bonds is 3. The Bertz CT molecular complexity index is 871. The van der Waals surface area contributed by atoms with Gasteiger partial charge in [-0.1, -0.05) is 17.7 Å². The molecule has 0 bridgehead atoms. The number of alkyl halides is 1. The normalized spacial score (nSPS) is 25.1. The molecule has 10 nitrogen and oxygen atoms in total. The molecule has 0 spiro atoms. The average Bonchev–Trinajstić information content (AvgIpc) is 2.68. The van der Waals surface area contributed by atoms with Crippen LogP contribution in [0.25, 0.3) is 11.4 Å². The third-order valence-electron chi connectivity index (χ3n) is 3.96. The maximum Gasteiger partial charge on any atom is 0.267 e. The van der Waals surface area contributed by atoms with Gasteiger partial charge in [-0.05, 0) is 18.2 Å². The summed E-state index contributed by atoms with van der Waals surface area (Å²) >= 11 is 12.6. The summed E-state index contributed by atoms with van der Waals surface area (Å²) in [6.45, 7) is 0.514. The first kappa shape index (κ1) is 18.3. The van der Waals surface area contributed by atoms with E-state index in [4.69, 9.17) is 38.7 Å². The third-order valence-corrected chi connectivity index (χ3v) is 4.63. The number of piperazine rings is 1. The van der Waals surface area contributed by atoms with Crippen molar-refractivity contribution >= 4 is 34.8 Å². The highest BCUT2D eigenvalue weighted by molar-refractivity contribution is 6.35. The molecule has 0 aliphatic carbocycles. The second kappa shape index (κ2) is 7.52. The average molecular weight is 412 g/mol. The zero-order valence-electron chi connectivity index (χ0n) is 13.7. The summed E-state index contributed by atoms with van der Waals surface area (Å²) in [7, 11) is 0. The number of primary amides is 1. The van der Waals surface area contributed by atoms with Gasteiger partial charge in [0, 0.05) is 18.3 Å². The highest BCUT2D eigenvalue weighted by Gasteiger charge is 2.37. The third kappa shape index (κ3) is 3.69. The number of fused-ring (bicyclic) bond motifs is 1. The van der Waals surface area contributed by atoms with E-state index in [-0.39, 0.29) is 28.2 Å². The fourth-order valence-electron chi connectivity index (χ4n) is 2.67. The molecule has 0 radical (unpaired) electrons. The van der Waals surface area contributed by atoms with E-state index in [1.807, 2.05) is 0 Å². The molecule has 142 valence electrons. The Kier molecular flexibility index (Phi) is 5.10. The molecule has 2 saturated heterocycles. The Morgan fingerprint density at radius 3 is 3.04 bits per heavy atom. The minimum atomic E-state index is -0.655. The number of hydroxylamine groups is 1. The fraction of sp³-hybridized carbons (Fsp3) is 0.267. The standard InChI is InChI=1S/C15H15Cl2N7O3/c16-10-6-20-15-14(22-10)23-27-24(26-15)9-3-1-2-7(11(9)17)13-19-5-4-8(21-13)12(18)25/h1-5,10,14-15,20,22-23H,6H2,(H2,18,25). The first-order chi connectivity index (χ1) is 13.0. The predicted molar refractivity (Wildman–Crippen MR) is 97.1 cm³/mol. The molecule has 27 heavy (non-hydrogen) atoms. The number of nitrogens with zero attached hydrogens (tertiary/aromatic N) is 3. The van der Waals surface area contributed by atoms with E-state index in [1.54, 1.807) is 18.2 Å². The summed E-state index contributed by atoms with van der Waals surface area (Å²) in [5, 5.41) is 7.64. The van der Waals surface area contributed by atoms with E-state index in [9.17, 15) is 4.79 Å². The highest BCUT2D eigenvalue weighted by Crippen LogP contribution is 2.35. The summed E-state index contributed by atoms with van der Waals surface area (Å²) < 4.78 is 0. The first-order valence-electron chi connectivity index (χ1n) is 7.97. The van der Waals surface area contributed by atoms with Gasteiger partial charge in [0.15, 0.2) is 12.1 Å². The lowest BCUT2D eigenvalue weighted by molar-refractivity contribution is -0.244. The van der Waals surface area contributed by atoms with Gasteiger partial charge in [0.25, 0.3) is 5.91 Å². The van der Waals surface area contributed by atoms with Gasteiger partial charge in [-0.2, -0.15) is 10.4 Å². The van der Waals surface area contributed by atoms with Crippen molar-refractivity contribution in [1.29, 1.82) is 0 Å². The molecular formula is C15H15Cl2N7O3. The molecule has 2 aromatic rings. The molecule has 1 aromatic heterocycles. The van der Waals surface area contributed by atoms with E-state index >= 15 is 0 Å². The van der Waals surface area contributed by atoms with Gasteiger partial charge >= 0.3 is 0 Å². The number of carbonyl (C=O) groups excluding carboxylic acids is 1. The highest BCUT2D eigenvalue weighted by atomic mass is 35.5. The van der Waals surface area contributed by atoms with Gasteiger partial charge in [0.2, 0.25) is 0 Å². The SMILES string of the molecule is NC(=O)c1ccnc(-c2cccc(N3ONC4NC(Cl)CNC4O3)c2Cl)n1. The van der Waals surface area contributed by atoms with E-state index in [0.29, 0.717) is 17.8 Å². The zero-order chi connectivity index (χ0) is 19.0. The van der Waals surface area contributed by atoms with Crippen LogP contribution in [0.5, 0.6) is 0 Å². The fourth-order valence-corrected chi connectivity index (χ4v) is 3.17. The number of carbonyl (C=O) groups is 1. The molecule has 2 fully saturated rings. The smallest absolute Gasteiger partial charge is 0.267 e. The molecule has 1 amide bonds. The van der Waals surface area contributed by atoms with E-state index in [0.717, 1.165) is 5.23 Å². The second-order valence-corrected chi connectivity index (χ2v) is 6.69. The number of hydrogen-bond donors (Lipinski definition) is 4. The molecule has 3 atom stereocenters. The van der Waals surface area contributed by atoms with Gasteiger partial charge in [0.05, 0.1) is 10.5 Å². The van der Waals surface area contributed by atoms with Crippen molar-refractivity contribution in [2.45, 2.75) is 17.9 Å². The molecular weight excluding hydrogens is 397 g/mol. The van der Waals surface area contributed by atoms with Crippen LogP contribution in [0.2, 0.25) is 5.02 Å². The zero-order valence-corrected chi connectivity index (χ0v) is 15.2. The van der Waals surface area contributed by atoms with Gasteiger partial charge in [-0.3, -0.25) is 15.4 Å². The summed E-state index contributed by atoms with van der Waals surface area (Å²) in [5.74, 6) is -0.402. The maximum absolute atomic E-state index is 11.4. The monoisotopic (exact) mass is 411 g/mol. The minimum absolute atomic E-state index is 0.0876. The number of halogens is 2. The van der Waals surface area contributed by atoms with Crippen LogP contribution >= 0.6 is 23.2 Å². The van der Waals surface area contributed by atoms with Crippen LogP contribution in [0.4, 0.5) is 5.69 Å². The van der Waals surface area contributed by atoms with Crippen LogP contribution in [0, 0.1) is 0 Å². The lowest BCUT2D eigenvalue weighted by Crippen LogP contribution is -2.70. The Hall–Kier alpha value is -2.05. The summed E-state index contributed by atoms with van der Waals surface area (Å²) in [6, 6.07) is 6.57. The summed E-state index contributed by atoms with van der Waals surface area (Å²) in [4.78, 5) is 30.8. The van der Waals surface area contributed by atoms with Crippen LogP contribution < -0.4 is 27.1 Å². The molecule has 2 aliphatic heterocycles. The number of nitrogens with two attached hydrogens (primary N) is 1. The molecule has 3 heterocycles. The number of hydrogen-bond acceptors (Lipinski definition) is 9. The van der Waals surface area contributed by atoms with Crippen molar-refractivity contribution in [3.8, 4) is 11.4 Å². The van der Waals surface area contributed by atoms with Gasteiger partial charge in [0.1, 0.15) is 17.5 Å². The van der Waals surface area contributed by atoms with Crippen LogP contribution in [-0.2, 0) is 9.78 Å². The number of nitrogens with one attached hydrogen (secondary N) is 3. The molecule has 4 rings (SSSR count). The molecule has 2 aliphatic rings. The molecule has 1 aromatic carbocycles. The van der Waals surface area contributed by atoms with Crippen molar-refractivity contribution in [2.75, 3.05) is 11.8 Å². The number of anilines is 1. The van der Waals surface area contributed by atoms with Gasteiger partial charge in [-0.15, -0.1) is 16.8 Å². The lowest BCUT2D eigenvalue weighted by Gasteiger charge is -2.42. The summed E-state index contributed by atoms with van der Waals surface area (Å²) in [5.41, 5.74) is 8.82. The Morgan fingerprint density at radius 2 is 2.22 bits per heavy atom. The van der Waals surface area contributed by atoms with Crippen molar-refractivity contribution < 1.29 is 14.6 Å². The van der Waals surface area contributed by atoms with Crippen LogP contribution in [0.1, 0.15) is 10.5 Å². The van der Waals surface area contributed by atoms with Crippen molar-refractivity contribution in [3.05, 3.63) is 41.2 Å². The Labute approximate surface area is 163 Å². The van der Waals surface area contributed by atoms with Crippen LogP contribution in [0.15, 0.2) is 30.5 Å². The number of aromatic nitrogens is 2. The largest absolute Gasteiger partial charge is 0.364 e. The summed E-state index contributed by atoms with van der Waals surface area (Å²) in [6.07, 6.45) is 0.670. The molecule has 12 heteroatoms. The Morgan fingerprint density at radius 1 is 1.37 bits per heavy atom. The van der Waals surface area contributed by atoms with Crippen molar-refractivity contribution in [1.82, 2.24) is 26.1 Å². The van der Waals surface area contributed by atoms with E-state index in [1.165, 1.54) is 12.3 Å². The quantitative estimate of drug-likeness (QED) is 0.421. The van der Waals surface area contributed by atoms with Crippen molar-refractivity contribution in [3.63, 3.8) is 0 Å².